The Balaban J connectivity index is 1.59. The molecule has 8 nitrogen and oxygen atoms in total. The minimum absolute atomic E-state index is 0.0311. The molecule has 25 heavy (non-hydrogen) atoms. The van der Waals surface area contributed by atoms with E-state index in [9.17, 15) is 9.59 Å². The largest absolute Gasteiger partial charge is 0.497 e. The third-order valence-electron chi connectivity index (χ3n) is 3.74. The number of carbonyl (C=O) groups is 2. The Bertz CT molecular complexity index is 741. The number of nitrogens with zero attached hydrogens (tertiary/aromatic N) is 2. The van der Waals surface area contributed by atoms with E-state index >= 15 is 0 Å². The summed E-state index contributed by atoms with van der Waals surface area (Å²) in [4.78, 5) is 29.6. The molecule has 0 atom stereocenters. The first-order valence-electron chi connectivity index (χ1n) is 7.93. The zero-order chi connectivity index (χ0) is 17.6. The fourth-order valence-electron chi connectivity index (χ4n) is 2.43. The number of carbonyl (C=O) groups excluding carboxylic acids is 2. The Morgan fingerprint density at radius 2 is 2.08 bits per heavy atom. The highest BCUT2D eigenvalue weighted by atomic mass is 16.5. The molecule has 0 radical (unpaired) electrons. The molecule has 2 amide bonds. The normalized spacial score (nSPS) is 14.6. The van der Waals surface area contributed by atoms with Crippen LogP contribution in [0.3, 0.4) is 0 Å². The van der Waals surface area contributed by atoms with Crippen LogP contribution < -0.4 is 14.8 Å². The van der Waals surface area contributed by atoms with Crippen LogP contribution in [-0.2, 0) is 11.4 Å². The molecular formula is C17H19N3O5. The summed E-state index contributed by atoms with van der Waals surface area (Å²) in [5, 5.41) is 2.73. The van der Waals surface area contributed by atoms with Gasteiger partial charge in [-0.15, -0.1) is 0 Å². The topological polar surface area (TPSA) is 93.9 Å². The van der Waals surface area contributed by atoms with Gasteiger partial charge in [-0.05, 0) is 30.7 Å². The number of ether oxygens (including phenoxy) is 2. The van der Waals surface area contributed by atoms with Crippen LogP contribution in [-0.4, -0.2) is 48.4 Å². The van der Waals surface area contributed by atoms with Crippen LogP contribution in [0.2, 0.25) is 0 Å². The molecule has 1 aliphatic rings. The Morgan fingerprint density at radius 3 is 2.84 bits per heavy atom. The number of benzene rings is 1. The van der Waals surface area contributed by atoms with Crippen LogP contribution in [0.4, 0.5) is 0 Å². The second kappa shape index (κ2) is 7.69. The van der Waals surface area contributed by atoms with Gasteiger partial charge in [-0.2, -0.15) is 0 Å². The standard InChI is InChI=1S/C17H19N3O5/c1-23-12-3-5-13(6-4-12)24-11-16-19-14(10-25-16)17(22)20-8-2-7-18-15(21)9-20/h3-6,10H,2,7-9,11H2,1H3,(H,18,21). The molecule has 1 aromatic carbocycles. The average molecular weight is 345 g/mol. The molecule has 0 saturated carbocycles. The number of nitrogens with one attached hydrogen (secondary N) is 1. The first kappa shape index (κ1) is 16.8. The number of hydrogen-bond acceptors (Lipinski definition) is 6. The lowest BCUT2D eigenvalue weighted by Gasteiger charge is -2.16. The summed E-state index contributed by atoms with van der Waals surface area (Å²) in [7, 11) is 1.59. The van der Waals surface area contributed by atoms with E-state index in [0.717, 1.165) is 5.75 Å². The van der Waals surface area contributed by atoms with Crippen molar-refractivity contribution in [2.24, 2.45) is 0 Å². The number of rotatable bonds is 5. The van der Waals surface area contributed by atoms with Gasteiger partial charge in [0.15, 0.2) is 12.3 Å². The third-order valence-corrected chi connectivity index (χ3v) is 3.74. The molecule has 0 unspecified atom stereocenters. The zero-order valence-corrected chi connectivity index (χ0v) is 13.9. The predicted molar refractivity (Wildman–Crippen MR) is 87.4 cm³/mol. The van der Waals surface area contributed by atoms with Gasteiger partial charge < -0.3 is 24.1 Å². The summed E-state index contributed by atoms with van der Waals surface area (Å²) < 4.78 is 15.9. The van der Waals surface area contributed by atoms with Crippen LogP contribution in [0, 0.1) is 0 Å². The van der Waals surface area contributed by atoms with Gasteiger partial charge in [-0.25, -0.2) is 4.98 Å². The number of methoxy groups -OCH3 is 1. The third kappa shape index (κ3) is 4.28. The minimum atomic E-state index is -0.323. The second-order valence-corrected chi connectivity index (χ2v) is 5.52. The lowest BCUT2D eigenvalue weighted by Crippen LogP contribution is -2.37. The summed E-state index contributed by atoms with van der Waals surface area (Å²) in [5.74, 6) is 1.17. The van der Waals surface area contributed by atoms with Gasteiger partial charge in [0.25, 0.3) is 5.91 Å². The van der Waals surface area contributed by atoms with E-state index in [1.807, 2.05) is 0 Å². The highest BCUT2D eigenvalue weighted by molar-refractivity contribution is 5.94. The number of aromatic nitrogens is 1. The van der Waals surface area contributed by atoms with Crippen molar-refractivity contribution in [3.63, 3.8) is 0 Å². The molecule has 0 aliphatic carbocycles. The molecule has 1 N–H and O–H groups in total. The van der Waals surface area contributed by atoms with E-state index < -0.39 is 0 Å². The smallest absolute Gasteiger partial charge is 0.276 e. The molecule has 1 aliphatic heterocycles. The van der Waals surface area contributed by atoms with Crippen molar-refractivity contribution in [2.75, 3.05) is 26.7 Å². The van der Waals surface area contributed by atoms with E-state index in [4.69, 9.17) is 13.9 Å². The van der Waals surface area contributed by atoms with Crippen LogP contribution in [0.15, 0.2) is 34.9 Å². The minimum Gasteiger partial charge on any atom is -0.497 e. The number of oxazole rings is 1. The lowest BCUT2D eigenvalue weighted by atomic mass is 10.3. The molecular weight excluding hydrogens is 326 g/mol. The van der Waals surface area contributed by atoms with Gasteiger partial charge in [-0.3, -0.25) is 9.59 Å². The summed E-state index contributed by atoms with van der Waals surface area (Å²) >= 11 is 0. The van der Waals surface area contributed by atoms with Crippen LogP contribution in [0.25, 0.3) is 0 Å². The highest BCUT2D eigenvalue weighted by Gasteiger charge is 2.23. The summed E-state index contributed by atoms with van der Waals surface area (Å²) in [6.07, 6.45) is 2.00. The number of hydrogen-bond donors (Lipinski definition) is 1. The summed E-state index contributed by atoms with van der Waals surface area (Å²) in [6, 6.07) is 7.10. The Kier molecular flexibility index (Phi) is 5.17. The van der Waals surface area contributed by atoms with Crippen molar-refractivity contribution in [3.8, 4) is 11.5 Å². The second-order valence-electron chi connectivity index (χ2n) is 5.52. The van der Waals surface area contributed by atoms with Crippen molar-refractivity contribution >= 4 is 11.8 Å². The van der Waals surface area contributed by atoms with Crippen molar-refractivity contribution in [2.45, 2.75) is 13.0 Å². The van der Waals surface area contributed by atoms with Gasteiger partial charge in [0.1, 0.15) is 17.8 Å². The van der Waals surface area contributed by atoms with E-state index in [1.54, 1.807) is 31.4 Å². The number of amides is 2. The SMILES string of the molecule is COc1ccc(OCc2nc(C(=O)N3CCCNC(=O)C3)co2)cc1. The highest BCUT2D eigenvalue weighted by Crippen LogP contribution is 2.18. The fraction of sp³-hybridized carbons (Fsp3) is 0.353. The molecule has 0 spiro atoms. The molecule has 0 bridgehead atoms. The van der Waals surface area contributed by atoms with E-state index in [1.165, 1.54) is 11.2 Å². The molecule has 1 fully saturated rings. The van der Waals surface area contributed by atoms with E-state index in [0.29, 0.717) is 31.2 Å². The molecule has 2 aromatic rings. The monoisotopic (exact) mass is 345 g/mol. The molecule has 3 rings (SSSR count). The Morgan fingerprint density at radius 1 is 1.32 bits per heavy atom. The van der Waals surface area contributed by atoms with Crippen molar-refractivity contribution in [1.29, 1.82) is 0 Å². The molecule has 1 aromatic heterocycles. The van der Waals surface area contributed by atoms with E-state index in [-0.39, 0.29) is 30.7 Å². The summed E-state index contributed by atoms with van der Waals surface area (Å²) in [5.41, 5.74) is 0.169. The van der Waals surface area contributed by atoms with Gasteiger partial charge in [0.2, 0.25) is 11.8 Å². The quantitative estimate of drug-likeness (QED) is 0.876. The Hall–Kier alpha value is -3.03. The molecule has 1 saturated heterocycles. The maximum absolute atomic E-state index is 12.4. The summed E-state index contributed by atoms with van der Waals surface area (Å²) in [6.45, 7) is 1.20. The van der Waals surface area contributed by atoms with Crippen LogP contribution >= 0.6 is 0 Å². The first-order chi connectivity index (χ1) is 12.2. The molecule has 132 valence electrons. The van der Waals surface area contributed by atoms with Crippen LogP contribution in [0.5, 0.6) is 11.5 Å². The average Bonchev–Trinajstić information content (AvgIpc) is 3.00. The van der Waals surface area contributed by atoms with Gasteiger partial charge in [-0.1, -0.05) is 0 Å². The zero-order valence-electron chi connectivity index (χ0n) is 13.9. The maximum atomic E-state index is 12.4. The van der Waals surface area contributed by atoms with Gasteiger partial charge in [0, 0.05) is 13.1 Å². The lowest BCUT2D eigenvalue weighted by molar-refractivity contribution is -0.121. The van der Waals surface area contributed by atoms with Crippen LogP contribution in [0.1, 0.15) is 22.8 Å². The first-order valence-corrected chi connectivity index (χ1v) is 7.93. The molecule has 2 heterocycles. The van der Waals surface area contributed by atoms with Crippen molar-refractivity contribution < 1.29 is 23.5 Å². The van der Waals surface area contributed by atoms with Crippen molar-refractivity contribution in [1.82, 2.24) is 15.2 Å². The predicted octanol–water partition coefficient (Wildman–Crippen LogP) is 1.22. The van der Waals surface area contributed by atoms with E-state index in [2.05, 4.69) is 10.3 Å². The van der Waals surface area contributed by atoms with Crippen molar-refractivity contribution in [3.05, 3.63) is 42.1 Å². The fourth-order valence-corrected chi connectivity index (χ4v) is 2.43. The maximum Gasteiger partial charge on any atom is 0.276 e. The Labute approximate surface area is 144 Å². The molecule has 8 heteroatoms. The van der Waals surface area contributed by atoms with Gasteiger partial charge >= 0.3 is 0 Å². The van der Waals surface area contributed by atoms with Gasteiger partial charge in [0.05, 0.1) is 13.7 Å².